The number of hydrogen-bond acceptors (Lipinski definition) is 4. The minimum absolute atomic E-state index is 0.0771. The van der Waals surface area contributed by atoms with Gasteiger partial charge >= 0.3 is 0 Å². The molecule has 1 aromatic heterocycles. The van der Waals surface area contributed by atoms with Crippen molar-refractivity contribution in [2.75, 3.05) is 6.54 Å². The van der Waals surface area contributed by atoms with E-state index >= 15 is 0 Å². The molecule has 0 radical (unpaired) electrons. The standard InChI is InChI=1S/C24H20N2O4S2/c1-18-16-25(31(27,28)19-10-4-2-5-11-19)17-23-24(18)21-14-8-9-15-22(21)26(23)32(29,30)20-12-6-3-7-13-20/h2-15H,1,16-17H2. The van der Waals surface area contributed by atoms with Gasteiger partial charge in [-0.3, -0.25) is 0 Å². The molecule has 0 bridgehead atoms. The molecule has 0 atom stereocenters. The van der Waals surface area contributed by atoms with Crippen LogP contribution >= 0.6 is 0 Å². The Kier molecular flexibility index (Phi) is 4.81. The molecule has 1 aliphatic rings. The topological polar surface area (TPSA) is 76.5 Å². The van der Waals surface area contributed by atoms with Gasteiger partial charge in [-0.2, -0.15) is 4.31 Å². The van der Waals surface area contributed by atoms with Crippen LogP contribution in [-0.4, -0.2) is 31.7 Å². The van der Waals surface area contributed by atoms with Gasteiger partial charge in [0.1, 0.15) is 0 Å². The Balaban J connectivity index is 1.75. The number of aromatic nitrogens is 1. The zero-order chi connectivity index (χ0) is 22.5. The van der Waals surface area contributed by atoms with Crippen LogP contribution in [0.15, 0.2) is 101 Å². The predicted octanol–water partition coefficient (Wildman–Crippen LogP) is 4.10. The highest BCUT2D eigenvalue weighted by atomic mass is 32.2. The maximum Gasteiger partial charge on any atom is 0.268 e. The van der Waals surface area contributed by atoms with Gasteiger partial charge in [-0.25, -0.2) is 20.8 Å². The summed E-state index contributed by atoms with van der Waals surface area (Å²) in [6, 6.07) is 23.5. The fourth-order valence-corrected chi connectivity index (χ4v) is 7.19. The molecule has 2 heterocycles. The quantitative estimate of drug-likeness (QED) is 0.456. The van der Waals surface area contributed by atoms with Crippen molar-refractivity contribution < 1.29 is 16.8 Å². The lowest BCUT2D eigenvalue weighted by molar-refractivity contribution is 0.428. The number of sulfonamides is 1. The maximum atomic E-state index is 13.7. The van der Waals surface area contributed by atoms with Crippen molar-refractivity contribution >= 4 is 36.5 Å². The second-order valence-corrected chi connectivity index (χ2v) is 11.3. The summed E-state index contributed by atoms with van der Waals surface area (Å²) in [5.74, 6) is 0. The average Bonchev–Trinajstić information content (AvgIpc) is 3.16. The van der Waals surface area contributed by atoms with Crippen LogP contribution in [0, 0.1) is 0 Å². The van der Waals surface area contributed by atoms with E-state index in [1.165, 1.54) is 32.5 Å². The molecule has 0 fully saturated rings. The zero-order valence-corrected chi connectivity index (χ0v) is 18.7. The van der Waals surface area contributed by atoms with E-state index in [-0.39, 0.29) is 22.9 Å². The van der Waals surface area contributed by atoms with Crippen LogP contribution in [0.5, 0.6) is 0 Å². The van der Waals surface area contributed by atoms with Crippen LogP contribution in [0.4, 0.5) is 0 Å². The second-order valence-electron chi connectivity index (χ2n) is 7.61. The highest BCUT2D eigenvalue weighted by Crippen LogP contribution is 2.39. The van der Waals surface area contributed by atoms with E-state index in [2.05, 4.69) is 6.58 Å². The van der Waals surface area contributed by atoms with Gasteiger partial charge in [0.05, 0.1) is 27.5 Å². The first-order valence-electron chi connectivity index (χ1n) is 9.98. The zero-order valence-electron chi connectivity index (χ0n) is 17.0. The van der Waals surface area contributed by atoms with Crippen molar-refractivity contribution in [1.82, 2.24) is 8.28 Å². The molecule has 0 unspecified atom stereocenters. The summed E-state index contributed by atoms with van der Waals surface area (Å²) in [7, 11) is -7.80. The highest BCUT2D eigenvalue weighted by molar-refractivity contribution is 7.90. The summed E-state index contributed by atoms with van der Waals surface area (Å²) < 4.78 is 56.5. The van der Waals surface area contributed by atoms with Gasteiger partial charge in [-0.1, -0.05) is 61.2 Å². The predicted molar refractivity (Wildman–Crippen MR) is 124 cm³/mol. The van der Waals surface area contributed by atoms with E-state index in [0.717, 1.165) is 5.39 Å². The van der Waals surface area contributed by atoms with Crippen molar-refractivity contribution in [3.05, 3.63) is 103 Å². The lowest BCUT2D eigenvalue weighted by Crippen LogP contribution is -2.36. The summed E-state index contributed by atoms with van der Waals surface area (Å²) >= 11 is 0. The second kappa shape index (κ2) is 7.44. The number of hydrogen-bond donors (Lipinski definition) is 0. The van der Waals surface area contributed by atoms with Gasteiger partial charge < -0.3 is 0 Å². The fraction of sp³-hybridized carbons (Fsp3) is 0.0833. The van der Waals surface area contributed by atoms with Crippen LogP contribution in [0.3, 0.4) is 0 Å². The minimum Gasteiger partial charge on any atom is -0.236 e. The van der Waals surface area contributed by atoms with E-state index < -0.39 is 20.0 Å². The van der Waals surface area contributed by atoms with Crippen molar-refractivity contribution in [1.29, 1.82) is 0 Å². The number of para-hydroxylation sites is 1. The van der Waals surface area contributed by atoms with Crippen molar-refractivity contribution in [3.8, 4) is 0 Å². The number of rotatable bonds is 4. The molecule has 162 valence electrons. The van der Waals surface area contributed by atoms with Crippen LogP contribution in [-0.2, 0) is 26.6 Å². The molecule has 0 saturated heterocycles. The van der Waals surface area contributed by atoms with E-state index in [1.807, 2.05) is 12.1 Å². The fourth-order valence-electron chi connectivity index (χ4n) is 4.20. The first kappa shape index (κ1) is 20.7. The third-order valence-corrected chi connectivity index (χ3v) is 9.21. The Labute approximate surface area is 187 Å². The lowest BCUT2D eigenvalue weighted by atomic mass is 10.0. The van der Waals surface area contributed by atoms with Gasteiger partial charge in [-0.05, 0) is 35.9 Å². The molecule has 0 saturated carbocycles. The molecule has 0 aliphatic carbocycles. The molecule has 1 aliphatic heterocycles. The first-order valence-corrected chi connectivity index (χ1v) is 12.9. The van der Waals surface area contributed by atoms with Crippen LogP contribution in [0.25, 0.3) is 16.5 Å². The third-order valence-electron chi connectivity index (χ3n) is 5.64. The Hall–Kier alpha value is -3.20. The van der Waals surface area contributed by atoms with Crippen molar-refractivity contribution in [2.24, 2.45) is 0 Å². The largest absolute Gasteiger partial charge is 0.268 e. The molecule has 0 N–H and O–H groups in total. The average molecular weight is 465 g/mol. The number of benzene rings is 3. The Morgan fingerprint density at radius 2 is 1.19 bits per heavy atom. The number of nitrogens with zero attached hydrogens (tertiary/aromatic N) is 2. The Bertz CT molecular complexity index is 1560. The van der Waals surface area contributed by atoms with Gasteiger partial charge in [-0.15, -0.1) is 0 Å². The van der Waals surface area contributed by atoms with Crippen LogP contribution in [0.2, 0.25) is 0 Å². The van der Waals surface area contributed by atoms with Crippen molar-refractivity contribution in [2.45, 2.75) is 16.3 Å². The lowest BCUT2D eigenvalue weighted by Gasteiger charge is -2.29. The molecule has 0 spiro atoms. The van der Waals surface area contributed by atoms with Crippen molar-refractivity contribution in [3.63, 3.8) is 0 Å². The summed E-state index contributed by atoms with van der Waals surface area (Å²) in [6.45, 7) is 4.13. The van der Waals surface area contributed by atoms with E-state index in [9.17, 15) is 16.8 Å². The first-order chi connectivity index (χ1) is 15.3. The van der Waals surface area contributed by atoms with E-state index in [0.29, 0.717) is 22.3 Å². The SMILES string of the molecule is C=C1CN(S(=O)(=O)c2ccccc2)Cc2c1c1ccccc1n2S(=O)(=O)c1ccccc1. The monoisotopic (exact) mass is 464 g/mol. The molecule has 0 amide bonds. The smallest absolute Gasteiger partial charge is 0.236 e. The summed E-state index contributed by atoms with van der Waals surface area (Å²) in [4.78, 5) is 0.294. The molecule has 6 nitrogen and oxygen atoms in total. The van der Waals surface area contributed by atoms with E-state index in [4.69, 9.17) is 0 Å². The van der Waals surface area contributed by atoms with Gasteiger partial charge in [0.25, 0.3) is 10.0 Å². The molecule has 8 heteroatoms. The normalized spacial score (nSPS) is 15.1. The molecule has 32 heavy (non-hydrogen) atoms. The van der Waals surface area contributed by atoms with E-state index in [1.54, 1.807) is 48.5 Å². The van der Waals surface area contributed by atoms with Gasteiger partial charge in [0.2, 0.25) is 10.0 Å². The summed E-state index contributed by atoms with van der Waals surface area (Å²) in [5, 5.41) is 0.740. The molecular formula is C24H20N2O4S2. The molecular weight excluding hydrogens is 444 g/mol. The minimum atomic E-state index is -3.97. The van der Waals surface area contributed by atoms with Crippen LogP contribution in [0.1, 0.15) is 11.3 Å². The number of fused-ring (bicyclic) bond motifs is 3. The third kappa shape index (κ3) is 3.10. The summed E-state index contributed by atoms with van der Waals surface area (Å²) in [5.41, 5.74) is 2.15. The molecule has 5 rings (SSSR count). The van der Waals surface area contributed by atoms with Crippen LogP contribution < -0.4 is 0 Å². The summed E-state index contributed by atoms with van der Waals surface area (Å²) in [6.07, 6.45) is 0. The van der Waals surface area contributed by atoms with Gasteiger partial charge in [0, 0.05) is 17.5 Å². The molecule has 3 aromatic carbocycles. The molecule has 4 aromatic rings. The Morgan fingerprint density at radius 3 is 1.81 bits per heavy atom. The maximum absolute atomic E-state index is 13.7. The van der Waals surface area contributed by atoms with Gasteiger partial charge in [0.15, 0.2) is 0 Å². The Morgan fingerprint density at radius 1 is 0.656 bits per heavy atom. The highest BCUT2D eigenvalue weighted by Gasteiger charge is 2.36.